The molecule has 0 spiro atoms. The van der Waals surface area contributed by atoms with Crippen LogP contribution in [0.4, 0.5) is 0 Å². The van der Waals surface area contributed by atoms with E-state index in [4.69, 9.17) is 10.3 Å². The van der Waals surface area contributed by atoms with Gasteiger partial charge in [-0.15, -0.1) is 0 Å². The van der Waals surface area contributed by atoms with Crippen molar-refractivity contribution in [3.05, 3.63) is 11.7 Å². The molecule has 0 saturated carbocycles. The number of aromatic nitrogens is 2. The lowest BCUT2D eigenvalue weighted by atomic mass is 9.90. The highest BCUT2D eigenvalue weighted by atomic mass is 16.5. The number of nitrogens with zero attached hydrogens (tertiary/aromatic N) is 2. The SMILES string of the molecule is CC(C)(C)CCc1noc(CC(C)(O)CN)n1. The molecule has 1 aromatic rings. The highest BCUT2D eigenvalue weighted by Gasteiger charge is 2.23. The van der Waals surface area contributed by atoms with Gasteiger partial charge in [0.2, 0.25) is 5.89 Å². The number of aliphatic hydroxyl groups is 1. The summed E-state index contributed by atoms with van der Waals surface area (Å²) in [5.74, 6) is 1.15. The maximum Gasteiger partial charge on any atom is 0.229 e. The molecule has 17 heavy (non-hydrogen) atoms. The summed E-state index contributed by atoms with van der Waals surface area (Å²) in [5, 5.41) is 13.7. The molecule has 98 valence electrons. The van der Waals surface area contributed by atoms with Gasteiger partial charge >= 0.3 is 0 Å². The standard InChI is InChI=1S/C12H23N3O2/c1-11(2,3)6-5-9-14-10(17-15-9)7-12(4,16)8-13/h16H,5-8,13H2,1-4H3. The molecule has 5 heteroatoms. The first-order valence-electron chi connectivity index (χ1n) is 5.96. The van der Waals surface area contributed by atoms with Gasteiger partial charge in [0.1, 0.15) is 0 Å². The quantitative estimate of drug-likeness (QED) is 0.811. The average molecular weight is 241 g/mol. The molecule has 0 saturated heterocycles. The van der Waals surface area contributed by atoms with E-state index in [1.54, 1.807) is 6.92 Å². The minimum absolute atomic E-state index is 0.173. The fourth-order valence-electron chi connectivity index (χ4n) is 1.35. The lowest BCUT2D eigenvalue weighted by Crippen LogP contribution is -2.36. The van der Waals surface area contributed by atoms with Gasteiger partial charge in [-0.25, -0.2) is 0 Å². The van der Waals surface area contributed by atoms with E-state index in [0.29, 0.717) is 18.1 Å². The van der Waals surface area contributed by atoms with E-state index in [-0.39, 0.29) is 12.0 Å². The first-order chi connectivity index (χ1) is 7.72. The third kappa shape index (κ3) is 5.28. The predicted octanol–water partition coefficient (Wildman–Crippen LogP) is 1.30. The summed E-state index contributed by atoms with van der Waals surface area (Å²) >= 11 is 0. The van der Waals surface area contributed by atoms with Crippen LogP contribution >= 0.6 is 0 Å². The molecule has 3 N–H and O–H groups in total. The second-order valence-corrected chi connectivity index (χ2v) is 6.04. The van der Waals surface area contributed by atoms with Crippen molar-refractivity contribution in [1.29, 1.82) is 0 Å². The fourth-order valence-corrected chi connectivity index (χ4v) is 1.35. The van der Waals surface area contributed by atoms with Crippen molar-refractivity contribution in [3.8, 4) is 0 Å². The summed E-state index contributed by atoms with van der Waals surface area (Å²) in [5.41, 5.74) is 4.71. The van der Waals surface area contributed by atoms with E-state index in [2.05, 4.69) is 30.9 Å². The van der Waals surface area contributed by atoms with Crippen LogP contribution in [-0.2, 0) is 12.8 Å². The molecule has 0 amide bonds. The summed E-state index contributed by atoms with van der Waals surface area (Å²) in [6.07, 6.45) is 2.09. The molecule has 0 bridgehead atoms. The number of hydrogen-bond acceptors (Lipinski definition) is 5. The van der Waals surface area contributed by atoms with Gasteiger partial charge in [-0.05, 0) is 18.8 Å². The zero-order chi connectivity index (χ0) is 13.1. The Morgan fingerprint density at radius 3 is 2.47 bits per heavy atom. The highest BCUT2D eigenvalue weighted by molar-refractivity contribution is 4.93. The van der Waals surface area contributed by atoms with Crippen molar-refractivity contribution >= 4 is 0 Å². The van der Waals surface area contributed by atoms with Gasteiger partial charge < -0.3 is 15.4 Å². The van der Waals surface area contributed by atoms with E-state index >= 15 is 0 Å². The molecular formula is C12H23N3O2. The molecule has 1 aromatic heterocycles. The summed E-state index contributed by atoms with van der Waals surface area (Å²) in [4.78, 5) is 4.25. The predicted molar refractivity (Wildman–Crippen MR) is 65.5 cm³/mol. The Hall–Kier alpha value is -0.940. The van der Waals surface area contributed by atoms with Gasteiger partial charge in [0, 0.05) is 13.0 Å². The summed E-state index contributed by atoms with van der Waals surface area (Å²) in [6, 6.07) is 0. The van der Waals surface area contributed by atoms with Gasteiger partial charge in [-0.1, -0.05) is 25.9 Å². The van der Waals surface area contributed by atoms with Crippen molar-refractivity contribution in [2.24, 2.45) is 11.1 Å². The largest absolute Gasteiger partial charge is 0.388 e. The van der Waals surface area contributed by atoms with Crippen LogP contribution in [0.3, 0.4) is 0 Å². The second kappa shape index (κ2) is 5.14. The summed E-state index contributed by atoms with van der Waals surface area (Å²) in [6.45, 7) is 8.35. The smallest absolute Gasteiger partial charge is 0.229 e. The molecular weight excluding hydrogens is 218 g/mol. The van der Waals surface area contributed by atoms with Crippen molar-refractivity contribution in [2.75, 3.05) is 6.54 Å². The Bertz CT molecular complexity index is 353. The number of aryl methyl sites for hydroxylation is 1. The molecule has 0 aliphatic rings. The van der Waals surface area contributed by atoms with Gasteiger partial charge in [0.15, 0.2) is 5.82 Å². The van der Waals surface area contributed by atoms with E-state index in [9.17, 15) is 5.11 Å². The monoisotopic (exact) mass is 241 g/mol. The molecule has 1 heterocycles. The zero-order valence-corrected chi connectivity index (χ0v) is 11.2. The molecule has 1 unspecified atom stereocenters. The second-order valence-electron chi connectivity index (χ2n) is 6.04. The normalized spacial score (nSPS) is 15.9. The molecule has 0 aliphatic carbocycles. The Morgan fingerprint density at radius 1 is 1.29 bits per heavy atom. The Labute approximate surface area is 102 Å². The van der Waals surface area contributed by atoms with Gasteiger partial charge in [0.05, 0.1) is 12.0 Å². The van der Waals surface area contributed by atoms with Crippen LogP contribution in [0.15, 0.2) is 4.52 Å². The number of rotatable bonds is 5. The van der Waals surface area contributed by atoms with Gasteiger partial charge in [0.25, 0.3) is 0 Å². The number of hydrogen-bond donors (Lipinski definition) is 2. The molecule has 5 nitrogen and oxygen atoms in total. The topological polar surface area (TPSA) is 85.2 Å². The first kappa shape index (κ1) is 14.1. The van der Waals surface area contributed by atoms with Crippen LogP contribution in [0.1, 0.15) is 45.8 Å². The maximum absolute atomic E-state index is 9.79. The minimum atomic E-state index is -0.978. The van der Waals surface area contributed by atoms with Crippen LogP contribution in [0.25, 0.3) is 0 Å². The minimum Gasteiger partial charge on any atom is -0.388 e. The number of nitrogens with two attached hydrogens (primary N) is 1. The van der Waals surface area contributed by atoms with Crippen molar-refractivity contribution in [2.45, 2.75) is 52.6 Å². The first-order valence-corrected chi connectivity index (χ1v) is 5.96. The highest BCUT2D eigenvalue weighted by Crippen LogP contribution is 2.20. The molecule has 0 fully saturated rings. The zero-order valence-electron chi connectivity index (χ0n) is 11.2. The molecule has 0 aliphatic heterocycles. The Kier molecular flexibility index (Phi) is 4.27. The van der Waals surface area contributed by atoms with Crippen molar-refractivity contribution in [3.63, 3.8) is 0 Å². The van der Waals surface area contributed by atoms with Crippen LogP contribution in [-0.4, -0.2) is 27.4 Å². The fraction of sp³-hybridized carbons (Fsp3) is 0.833. The van der Waals surface area contributed by atoms with Crippen LogP contribution in [0, 0.1) is 5.41 Å². The Balaban J connectivity index is 2.54. The van der Waals surface area contributed by atoms with E-state index in [1.165, 1.54) is 0 Å². The summed E-state index contributed by atoms with van der Waals surface area (Å²) in [7, 11) is 0. The molecule has 0 aromatic carbocycles. The average Bonchev–Trinajstić information content (AvgIpc) is 2.61. The van der Waals surface area contributed by atoms with Crippen molar-refractivity contribution in [1.82, 2.24) is 10.1 Å². The van der Waals surface area contributed by atoms with E-state index in [1.807, 2.05) is 0 Å². The molecule has 1 atom stereocenters. The Morgan fingerprint density at radius 2 is 1.94 bits per heavy atom. The molecule has 1 rings (SSSR count). The van der Waals surface area contributed by atoms with Crippen LogP contribution < -0.4 is 5.73 Å². The van der Waals surface area contributed by atoms with E-state index < -0.39 is 5.60 Å². The van der Waals surface area contributed by atoms with Crippen LogP contribution in [0.5, 0.6) is 0 Å². The third-order valence-corrected chi connectivity index (χ3v) is 2.58. The third-order valence-electron chi connectivity index (χ3n) is 2.58. The lowest BCUT2D eigenvalue weighted by molar-refractivity contribution is 0.0610. The van der Waals surface area contributed by atoms with E-state index in [0.717, 1.165) is 12.8 Å². The van der Waals surface area contributed by atoms with Crippen LogP contribution in [0.2, 0.25) is 0 Å². The lowest BCUT2D eigenvalue weighted by Gasteiger charge is -2.17. The van der Waals surface area contributed by atoms with Crippen molar-refractivity contribution < 1.29 is 9.63 Å². The summed E-state index contributed by atoms with van der Waals surface area (Å²) < 4.78 is 5.09. The maximum atomic E-state index is 9.79. The molecule has 0 radical (unpaired) electrons. The van der Waals surface area contributed by atoms with Gasteiger partial charge in [-0.3, -0.25) is 0 Å². The van der Waals surface area contributed by atoms with Gasteiger partial charge in [-0.2, -0.15) is 4.98 Å².